The maximum absolute atomic E-state index is 12.1. The van der Waals surface area contributed by atoms with E-state index >= 15 is 0 Å². The zero-order valence-electron chi connectivity index (χ0n) is 13.0. The number of nitrogens with one attached hydrogen (secondary N) is 1. The highest BCUT2D eigenvalue weighted by atomic mass is 16.5. The smallest absolute Gasteiger partial charge is 0.253 e. The lowest BCUT2D eigenvalue weighted by Crippen LogP contribution is -2.40. The molecule has 0 saturated carbocycles. The van der Waals surface area contributed by atoms with Crippen LogP contribution in [-0.4, -0.2) is 30.3 Å². The van der Waals surface area contributed by atoms with E-state index in [-0.39, 0.29) is 17.4 Å². The van der Waals surface area contributed by atoms with E-state index in [9.17, 15) is 9.90 Å². The predicted octanol–water partition coefficient (Wildman–Crippen LogP) is 2.29. The van der Waals surface area contributed by atoms with Crippen LogP contribution >= 0.6 is 0 Å². The van der Waals surface area contributed by atoms with Gasteiger partial charge in [0.2, 0.25) is 0 Å². The number of ether oxygens (including phenoxy) is 1. The lowest BCUT2D eigenvalue weighted by Gasteiger charge is -2.31. The second-order valence-corrected chi connectivity index (χ2v) is 6.76. The largest absolute Gasteiger partial charge is 0.378 e. The van der Waals surface area contributed by atoms with Crippen molar-refractivity contribution in [1.29, 1.82) is 0 Å². The van der Waals surface area contributed by atoms with Gasteiger partial charge in [-0.25, -0.2) is 0 Å². The quantitative estimate of drug-likeness (QED) is 0.895. The van der Waals surface area contributed by atoms with Crippen LogP contribution < -0.4 is 5.32 Å². The first kappa shape index (κ1) is 16.0. The normalized spacial score (nSPS) is 23.8. The molecule has 1 aliphatic rings. The van der Waals surface area contributed by atoms with Gasteiger partial charge >= 0.3 is 0 Å². The molecule has 2 N–H and O–H groups in total. The van der Waals surface area contributed by atoms with Gasteiger partial charge in [0.05, 0.1) is 6.10 Å². The van der Waals surface area contributed by atoms with Crippen molar-refractivity contribution in [1.82, 2.24) is 5.32 Å². The molecule has 1 aromatic carbocycles. The summed E-state index contributed by atoms with van der Waals surface area (Å²) in [5.74, 6) is -0.0438. The Morgan fingerprint density at radius 2 is 2.05 bits per heavy atom. The highest BCUT2D eigenvalue weighted by Gasteiger charge is 2.37. The van der Waals surface area contributed by atoms with E-state index in [0.717, 1.165) is 13.0 Å². The van der Waals surface area contributed by atoms with Crippen LogP contribution in [0.1, 0.15) is 38.9 Å². The van der Waals surface area contributed by atoms with Crippen LogP contribution in [0.4, 0.5) is 0 Å². The Hall–Kier alpha value is -1.39. The molecule has 3 atom stereocenters. The summed E-state index contributed by atoms with van der Waals surface area (Å²) in [6.07, 6.45) is -0.0165. The van der Waals surface area contributed by atoms with Gasteiger partial charge in [-0.2, -0.15) is 0 Å². The van der Waals surface area contributed by atoms with Crippen molar-refractivity contribution in [2.24, 2.45) is 11.3 Å². The molecule has 1 saturated heterocycles. The third-order valence-corrected chi connectivity index (χ3v) is 3.97. The Labute approximate surface area is 126 Å². The van der Waals surface area contributed by atoms with Gasteiger partial charge < -0.3 is 15.2 Å². The van der Waals surface area contributed by atoms with Crippen LogP contribution in [-0.2, 0) is 9.53 Å². The van der Waals surface area contributed by atoms with Crippen LogP contribution in [0, 0.1) is 11.3 Å². The molecule has 1 aliphatic heterocycles. The molecule has 1 aromatic rings. The molecule has 0 unspecified atom stereocenters. The van der Waals surface area contributed by atoms with Crippen molar-refractivity contribution in [3.05, 3.63) is 35.9 Å². The maximum atomic E-state index is 12.1. The van der Waals surface area contributed by atoms with Crippen molar-refractivity contribution in [2.45, 2.75) is 39.4 Å². The van der Waals surface area contributed by atoms with Crippen LogP contribution in [0.25, 0.3) is 0 Å². The van der Waals surface area contributed by atoms with E-state index in [0.29, 0.717) is 18.0 Å². The number of amides is 1. The first-order valence-electron chi connectivity index (χ1n) is 7.52. The Kier molecular flexibility index (Phi) is 5.01. The fourth-order valence-electron chi connectivity index (χ4n) is 2.92. The van der Waals surface area contributed by atoms with Gasteiger partial charge in [0.1, 0.15) is 0 Å². The molecule has 0 aromatic heterocycles. The molecule has 116 valence electrons. The molecule has 0 radical (unpaired) electrons. The summed E-state index contributed by atoms with van der Waals surface area (Å²) < 4.78 is 5.79. The molecule has 0 spiro atoms. The monoisotopic (exact) mass is 291 g/mol. The minimum Gasteiger partial charge on any atom is -0.378 e. The van der Waals surface area contributed by atoms with E-state index in [1.54, 1.807) is 12.1 Å². The summed E-state index contributed by atoms with van der Waals surface area (Å²) in [6.45, 7) is 7.73. The molecular weight excluding hydrogens is 266 g/mol. The standard InChI is InChI=1S/C17H25NO3/c1-17(2,3)15-13(9-10-21-15)11-18-16(20)14(19)12-7-5-4-6-8-12/h4-8,13-15,19H,9-11H2,1-3H3,(H,18,20)/t13-,14-,15+/m1/s1. The van der Waals surface area contributed by atoms with Crippen molar-refractivity contribution in [2.75, 3.05) is 13.2 Å². The Morgan fingerprint density at radius 1 is 1.38 bits per heavy atom. The number of aliphatic hydroxyl groups excluding tert-OH is 1. The molecule has 1 fully saturated rings. The Morgan fingerprint density at radius 3 is 2.67 bits per heavy atom. The van der Waals surface area contributed by atoms with Gasteiger partial charge in [-0.3, -0.25) is 4.79 Å². The molecule has 1 amide bonds. The summed E-state index contributed by atoms with van der Waals surface area (Å²) in [5, 5.41) is 12.9. The van der Waals surface area contributed by atoms with Crippen molar-refractivity contribution < 1.29 is 14.6 Å². The molecule has 21 heavy (non-hydrogen) atoms. The third kappa shape index (κ3) is 4.05. The molecule has 1 heterocycles. The van der Waals surface area contributed by atoms with Gasteiger partial charge in [-0.15, -0.1) is 0 Å². The second kappa shape index (κ2) is 6.58. The van der Waals surface area contributed by atoms with E-state index in [4.69, 9.17) is 4.74 Å². The number of benzene rings is 1. The van der Waals surface area contributed by atoms with E-state index in [1.165, 1.54) is 0 Å². The van der Waals surface area contributed by atoms with E-state index < -0.39 is 6.10 Å². The number of aliphatic hydroxyl groups is 1. The predicted molar refractivity (Wildman–Crippen MR) is 81.7 cm³/mol. The van der Waals surface area contributed by atoms with Crippen molar-refractivity contribution in [3.63, 3.8) is 0 Å². The average molecular weight is 291 g/mol. The van der Waals surface area contributed by atoms with E-state index in [2.05, 4.69) is 26.1 Å². The fraction of sp³-hybridized carbons (Fsp3) is 0.588. The summed E-state index contributed by atoms with van der Waals surface area (Å²) >= 11 is 0. The van der Waals surface area contributed by atoms with Gasteiger partial charge in [0.25, 0.3) is 5.91 Å². The molecule has 0 aliphatic carbocycles. The number of hydrogen-bond donors (Lipinski definition) is 2. The number of carbonyl (C=O) groups excluding carboxylic acids is 1. The topological polar surface area (TPSA) is 58.6 Å². The zero-order valence-corrected chi connectivity index (χ0v) is 13.0. The second-order valence-electron chi connectivity index (χ2n) is 6.76. The minimum absolute atomic E-state index is 0.0595. The van der Waals surface area contributed by atoms with Crippen LogP contribution in [0.3, 0.4) is 0 Å². The highest BCUT2D eigenvalue weighted by Crippen LogP contribution is 2.34. The van der Waals surface area contributed by atoms with E-state index in [1.807, 2.05) is 18.2 Å². The van der Waals surface area contributed by atoms with Gasteiger partial charge in [-0.05, 0) is 17.4 Å². The van der Waals surface area contributed by atoms with Crippen LogP contribution in [0.5, 0.6) is 0 Å². The van der Waals surface area contributed by atoms with Gasteiger partial charge in [-0.1, -0.05) is 51.1 Å². The number of rotatable bonds is 4. The molecule has 4 nitrogen and oxygen atoms in total. The molecular formula is C17H25NO3. The SMILES string of the molecule is CC(C)(C)[C@H]1OCC[C@@H]1CNC(=O)[C@H](O)c1ccccc1. The van der Waals surface area contributed by atoms with Crippen molar-refractivity contribution >= 4 is 5.91 Å². The third-order valence-electron chi connectivity index (χ3n) is 3.97. The van der Waals surface area contributed by atoms with Gasteiger partial charge in [0, 0.05) is 19.1 Å². The number of carbonyl (C=O) groups is 1. The lowest BCUT2D eigenvalue weighted by atomic mass is 9.81. The minimum atomic E-state index is -1.11. The van der Waals surface area contributed by atoms with Crippen LogP contribution in [0.2, 0.25) is 0 Å². The maximum Gasteiger partial charge on any atom is 0.253 e. The molecule has 0 bridgehead atoms. The molecule has 2 rings (SSSR count). The lowest BCUT2D eigenvalue weighted by molar-refractivity contribution is -0.130. The molecule has 4 heteroatoms. The van der Waals surface area contributed by atoms with Crippen LogP contribution in [0.15, 0.2) is 30.3 Å². The highest BCUT2D eigenvalue weighted by molar-refractivity contribution is 5.81. The zero-order chi connectivity index (χ0) is 15.5. The summed E-state index contributed by atoms with van der Waals surface area (Å²) in [5.41, 5.74) is 0.675. The summed E-state index contributed by atoms with van der Waals surface area (Å²) in [6, 6.07) is 8.98. The Bertz CT molecular complexity index is 467. The van der Waals surface area contributed by atoms with Gasteiger partial charge in [0.15, 0.2) is 6.10 Å². The fourth-order valence-corrected chi connectivity index (χ4v) is 2.92. The first-order chi connectivity index (χ1) is 9.89. The average Bonchev–Trinajstić information content (AvgIpc) is 2.93. The first-order valence-corrected chi connectivity index (χ1v) is 7.52. The number of hydrogen-bond acceptors (Lipinski definition) is 3. The summed E-state index contributed by atoms with van der Waals surface area (Å²) in [4.78, 5) is 12.1. The summed E-state index contributed by atoms with van der Waals surface area (Å²) in [7, 11) is 0. The van der Waals surface area contributed by atoms with Crippen molar-refractivity contribution in [3.8, 4) is 0 Å². The Balaban J connectivity index is 1.89.